The minimum absolute atomic E-state index is 0.0637. The van der Waals surface area contributed by atoms with E-state index in [2.05, 4.69) is 5.32 Å². The van der Waals surface area contributed by atoms with Crippen LogP contribution in [-0.4, -0.2) is 40.4 Å². The number of carboxylic acid groups (broad SMARTS) is 1. The number of rotatable bonds is 2. The zero-order chi connectivity index (χ0) is 16.6. The maximum atomic E-state index is 13.0. The first-order valence-electron chi connectivity index (χ1n) is 7.89. The molecule has 0 bridgehead atoms. The van der Waals surface area contributed by atoms with Crippen molar-refractivity contribution < 1.29 is 19.5 Å². The van der Waals surface area contributed by atoms with Crippen LogP contribution in [-0.2, 0) is 14.4 Å². The Morgan fingerprint density at radius 2 is 2.04 bits per heavy atom. The molecule has 3 unspecified atom stereocenters. The third kappa shape index (κ3) is 2.93. The van der Waals surface area contributed by atoms with Gasteiger partial charge in [0.15, 0.2) is 0 Å². The van der Waals surface area contributed by atoms with Crippen molar-refractivity contribution in [2.45, 2.75) is 38.1 Å². The standard InChI is InChI=1S/C17H20N2O4/c1-10-6-7-19(14(8-10)17(22)23)16(21)12-9-15(20)18-13-5-3-2-4-11(12)13/h2-5,10,12,14H,6-9H2,1H3,(H,18,20)(H,22,23). The van der Waals surface area contributed by atoms with Crippen LogP contribution in [0.5, 0.6) is 0 Å². The van der Waals surface area contributed by atoms with E-state index in [0.29, 0.717) is 18.7 Å². The fourth-order valence-corrected chi connectivity index (χ4v) is 3.47. The molecule has 3 atom stereocenters. The molecule has 2 aliphatic heterocycles. The SMILES string of the molecule is CC1CCN(C(=O)C2CC(=O)Nc3ccccc32)C(C(=O)O)C1. The number of nitrogens with zero attached hydrogens (tertiary/aromatic N) is 1. The topological polar surface area (TPSA) is 86.7 Å². The van der Waals surface area contributed by atoms with Gasteiger partial charge in [-0.2, -0.15) is 0 Å². The van der Waals surface area contributed by atoms with Gasteiger partial charge in [-0.1, -0.05) is 25.1 Å². The van der Waals surface area contributed by atoms with E-state index in [-0.39, 0.29) is 24.2 Å². The van der Waals surface area contributed by atoms with E-state index in [4.69, 9.17) is 0 Å². The van der Waals surface area contributed by atoms with Gasteiger partial charge in [-0.3, -0.25) is 9.59 Å². The van der Waals surface area contributed by atoms with Crippen LogP contribution in [0.4, 0.5) is 5.69 Å². The van der Waals surface area contributed by atoms with Gasteiger partial charge in [-0.25, -0.2) is 4.79 Å². The third-order valence-corrected chi connectivity index (χ3v) is 4.73. The predicted octanol–water partition coefficient (Wildman–Crippen LogP) is 1.82. The third-order valence-electron chi connectivity index (χ3n) is 4.73. The maximum Gasteiger partial charge on any atom is 0.326 e. The Labute approximate surface area is 134 Å². The molecule has 0 aromatic heterocycles. The largest absolute Gasteiger partial charge is 0.480 e. The van der Waals surface area contributed by atoms with Crippen molar-refractivity contribution in [3.8, 4) is 0 Å². The molecule has 1 saturated heterocycles. The molecule has 1 aromatic carbocycles. The summed E-state index contributed by atoms with van der Waals surface area (Å²) in [5.41, 5.74) is 1.40. The number of aliphatic carboxylic acids is 1. The maximum absolute atomic E-state index is 13.0. The minimum Gasteiger partial charge on any atom is -0.480 e. The normalized spacial score (nSPS) is 27.1. The number of carboxylic acids is 1. The lowest BCUT2D eigenvalue weighted by atomic mass is 9.86. The summed E-state index contributed by atoms with van der Waals surface area (Å²) < 4.78 is 0. The Balaban J connectivity index is 1.90. The molecular weight excluding hydrogens is 296 g/mol. The summed E-state index contributed by atoms with van der Waals surface area (Å²) >= 11 is 0. The molecule has 23 heavy (non-hydrogen) atoms. The van der Waals surface area contributed by atoms with Gasteiger partial charge in [0.05, 0.1) is 5.92 Å². The molecule has 2 heterocycles. The molecule has 1 aromatic rings. The second-order valence-electron chi connectivity index (χ2n) is 6.41. The first-order valence-corrected chi connectivity index (χ1v) is 7.89. The fraction of sp³-hybridized carbons (Fsp3) is 0.471. The van der Waals surface area contributed by atoms with Crippen LogP contribution in [0.3, 0.4) is 0 Å². The first-order chi connectivity index (χ1) is 11.0. The van der Waals surface area contributed by atoms with E-state index in [1.54, 1.807) is 12.1 Å². The molecule has 6 nitrogen and oxygen atoms in total. The Morgan fingerprint density at radius 1 is 1.30 bits per heavy atom. The highest BCUT2D eigenvalue weighted by Crippen LogP contribution is 2.35. The summed E-state index contributed by atoms with van der Waals surface area (Å²) in [4.78, 5) is 37.8. The molecule has 122 valence electrons. The van der Waals surface area contributed by atoms with Crippen LogP contribution < -0.4 is 5.32 Å². The van der Waals surface area contributed by atoms with Gasteiger partial charge < -0.3 is 15.3 Å². The second-order valence-corrected chi connectivity index (χ2v) is 6.41. The summed E-state index contributed by atoms with van der Waals surface area (Å²) in [7, 11) is 0. The number of fused-ring (bicyclic) bond motifs is 1. The first kappa shape index (κ1) is 15.5. The number of para-hydroxylation sites is 1. The van der Waals surface area contributed by atoms with Gasteiger partial charge in [0.1, 0.15) is 6.04 Å². The Bertz CT molecular complexity index is 658. The molecule has 2 amide bonds. The van der Waals surface area contributed by atoms with Gasteiger partial charge in [0.2, 0.25) is 11.8 Å². The highest BCUT2D eigenvalue weighted by atomic mass is 16.4. The number of likely N-dealkylation sites (tertiary alicyclic amines) is 1. The van der Waals surface area contributed by atoms with Crippen LogP contribution >= 0.6 is 0 Å². The van der Waals surface area contributed by atoms with Crippen molar-refractivity contribution in [2.75, 3.05) is 11.9 Å². The molecule has 2 N–H and O–H groups in total. The average molecular weight is 316 g/mol. The summed E-state index contributed by atoms with van der Waals surface area (Å²) in [6.45, 7) is 2.43. The zero-order valence-corrected chi connectivity index (χ0v) is 13.0. The second kappa shape index (κ2) is 6.02. The molecule has 0 saturated carbocycles. The number of hydrogen-bond donors (Lipinski definition) is 2. The van der Waals surface area contributed by atoms with Crippen molar-refractivity contribution in [3.63, 3.8) is 0 Å². The van der Waals surface area contributed by atoms with Crippen molar-refractivity contribution in [1.82, 2.24) is 4.90 Å². The van der Waals surface area contributed by atoms with E-state index in [1.165, 1.54) is 4.90 Å². The number of anilines is 1. The molecule has 2 aliphatic rings. The molecule has 3 rings (SSSR count). The quantitative estimate of drug-likeness (QED) is 0.871. The molecule has 0 aliphatic carbocycles. The average Bonchev–Trinajstić information content (AvgIpc) is 2.53. The van der Waals surface area contributed by atoms with Gasteiger partial charge in [0.25, 0.3) is 0 Å². The monoisotopic (exact) mass is 316 g/mol. The van der Waals surface area contributed by atoms with Crippen molar-refractivity contribution >= 4 is 23.5 Å². The van der Waals surface area contributed by atoms with E-state index in [9.17, 15) is 19.5 Å². The summed E-state index contributed by atoms with van der Waals surface area (Å²) in [5.74, 6) is -1.76. The summed E-state index contributed by atoms with van der Waals surface area (Å²) in [5, 5.41) is 12.2. The number of amides is 2. The van der Waals surface area contributed by atoms with Crippen LogP contribution in [0, 0.1) is 5.92 Å². The lowest BCUT2D eigenvalue weighted by Gasteiger charge is -2.38. The summed E-state index contributed by atoms with van der Waals surface area (Å²) in [6, 6.07) is 6.40. The van der Waals surface area contributed by atoms with Crippen molar-refractivity contribution in [1.29, 1.82) is 0 Å². The van der Waals surface area contributed by atoms with E-state index in [1.807, 2.05) is 19.1 Å². The smallest absolute Gasteiger partial charge is 0.326 e. The lowest BCUT2D eigenvalue weighted by Crippen LogP contribution is -2.52. The number of hydrogen-bond acceptors (Lipinski definition) is 3. The Morgan fingerprint density at radius 3 is 2.78 bits per heavy atom. The molecule has 1 fully saturated rings. The fourth-order valence-electron chi connectivity index (χ4n) is 3.47. The molecule has 0 spiro atoms. The number of benzene rings is 1. The van der Waals surface area contributed by atoms with E-state index >= 15 is 0 Å². The minimum atomic E-state index is -0.974. The van der Waals surface area contributed by atoms with Crippen LogP contribution in [0.2, 0.25) is 0 Å². The lowest BCUT2D eigenvalue weighted by molar-refractivity contribution is -0.154. The van der Waals surface area contributed by atoms with Crippen molar-refractivity contribution in [2.24, 2.45) is 5.92 Å². The highest BCUT2D eigenvalue weighted by Gasteiger charge is 2.40. The van der Waals surface area contributed by atoms with Gasteiger partial charge in [-0.15, -0.1) is 0 Å². The number of carbonyl (C=O) groups is 3. The highest BCUT2D eigenvalue weighted by molar-refractivity contribution is 6.01. The Kier molecular flexibility index (Phi) is 4.07. The van der Waals surface area contributed by atoms with Gasteiger partial charge >= 0.3 is 5.97 Å². The Hall–Kier alpha value is -2.37. The van der Waals surface area contributed by atoms with Crippen LogP contribution in [0.1, 0.15) is 37.7 Å². The van der Waals surface area contributed by atoms with Crippen molar-refractivity contribution in [3.05, 3.63) is 29.8 Å². The van der Waals surface area contributed by atoms with E-state index < -0.39 is 17.9 Å². The predicted molar refractivity (Wildman–Crippen MR) is 84.0 cm³/mol. The molecule has 0 radical (unpaired) electrons. The summed E-state index contributed by atoms with van der Waals surface area (Å²) in [6.07, 6.45) is 1.31. The number of carbonyl (C=O) groups excluding carboxylic acids is 2. The number of nitrogens with one attached hydrogen (secondary N) is 1. The zero-order valence-electron chi connectivity index (χ0n) is 13.0. The van der Waals surface area contributed by atoms with Crippen LogP contribution in [0.15, 0.2) is 24.3 Å². The molecule has 6 heteroatoms. The van der Waals surface area contributed by atoms with E-state index in [0.717, 1.165) is 12.0 Å². The van der Waals surface area contributed by atoms with Gasteiger partial charge in [-0.05, 0) is 30.4 Å². The van der Waals surface area contributed by atoms with Gasteiger partial charge in [0, 0.05) is 18.7 Å². The molecular formula is C17H20N2O4. The van der Waals surface area contributed by atoms with Crippen LogP contribution in [0.25, 0.3) is 0 Å². The number of piperidine rings is 1.